The Morgan fingerprint density at radius 1 is 0.645 bits per heavy atom. The molecule has 1 aromatic rings. The molecular formula is C30H38O. The van der Waals surface area contributed by atoms with Crippen LogP contribution in [0.25, 0.3) is 0 Å². The van der Waals surface area contributed by atoms with Crippen molar-refractivity contribution in [3.63, 3.8) is 0 Å². The van der Waals surface area contributed by atoms with Crippen LogP contribution < -0.4 is 0 Å². The number of hydrogen-bond acceptors (Lipinski definition) is 1. The van der Waals surface area contributed by atoms with E-state index in [9.17, 15) is 0 Å². The summed E-state index contributed by atoms with van der Waals surface area (Å²) in [5.41, 5.74) is 1.15. The van der Waals surface area contributed by atoms with Crippen molar-refractivity contribution in [3.05, 3.63) is 91.3 Å². The third-order valence-electron chi connectivity index (χ3n) is 6.05. The quantitative estimate of drug-likeness (QED) is 0.268. The summed E-state index contributed by atoms with van der Waals surface area (Å²) in [6.07, 6.45) is 4.97. The van der Waals surface area contributed by atoms with Crippen LogP contribution in [0.15, 0.2) is 30.3 Å². The lowest BCUT2D eigenvalue weighted by atomic mass is 9.79. The maximum Gasteiger partial charge on any atom is 0.0717 e. The van der Waals surface area contributed by atoms with Gasteiger partial charge >= 0.3 is 0 Å². The minimum atomic E-state index is -0.319. The normalized spacial score (nSPS) is 18.7. The van der Waals surface area contributed by atoms with E-state index in [1.165, 1.54) is 0 Å². The zero-order valence-corrected chi connectivity index (χ0v) is 18.8. The van der Waals surface area contributed by atoms with Crippen LogP contribution in [0.3, 0.4) is 0 Å². The highest BCUT2D eigenvalue weighted by atomic mass is 16.5. The summed E-state index contributed by atoms with van der Waals surface area (Å²) >= 11 is 0. The van der Waals surface area contributed by atoms with Crippen molar-refractivity contribution in [3.8, 4) is 0 Å². The molecule has 16 radical (unpaired) electrons. The molecule has 0 aromatic heterocycles. The standard InChI is InChI=1S/C30H38O/c1-9-23(3)27(7)25(5)15-14-18-30(20-19-26(6)28(8)24(4)10-2)22-31-21-29-16-12-11-13-17-29/h1-8,11-13,16-17,23-28,30H,9-10,14-15,18-22H2. The molecule has 1 nitrogen and oxygen atoms in total. The van der Waals surface area contributed by atoms with Crippen LogP contribution in [-0.4, -0.2) is 6.61 Å². The maximum atomic E-state index is 6.26. The topological polar surface area (TPSA) is 9.23 Å². The smallest absolute Gasteiger partial charge is 0.0717 e. The molecule has 0 spiro atoms. The first-order valence-electron chi connectivity index (χ1n) is 11.3. The van der Waals surface area contributed by atoms with Gasteiger partial charge in [0.15, 0.2) is 0 Å². The molecule has 1 rings (SSSR count). The fourth-order valence-corrected chi connectivity index (χ4v) is 3.63. The zero-order chi connectivity index (χ0) is 23.2. The van der Waals surface area contributed by atoms with Crippen molar-refractivity contribution in [1.82, 2.24) is 0 Å². The highest BCUT2D eigenvalue weighted by molar-refractivity contribution is 5.13. The molecule has 31 heavy (non-hydrogen) atoms. The third kappa shape index (κ3) is 11.0. The molecule has 7 atom stereocenters. The summed E-state index contributed by atoms with van der Waals surface area (Å²) in [6.45, 7) is 49.0. The van der Waals surface area contributed by atoms with Crippen molar-refractivity contribution < 1.29 is 4.74 Å². The Bertz CT molecular complexity index is 539. The molecule has 0 aliphatic heterocycles. The molecule has 0 heterocycles. The average molecular weight is 415 g/mol. The predicted molar refractivity (Wildman–Crippen MR) is 127 cm³/mol. The van der Waals surface area contributed by atoms with Crippen molar-refractivity contribution in [1.29, 1.82) is 0 Å². The molecule has 0 bridgehead atoms. The molecule has 0 amide bonds. The van der Waals surface area contributed by atoms with E-state index in [-0.39, 0.29) is 35.5 Å². The Morgan fingerprint density at radius 2 is 1.19 bits per heavy atom. The average Bonchev–Trinajstić information content (AvgIpc) is 2.80. The second kappa shape index (κ2) is 15.9. The molecule has 0 saturated carbocycles. The molecule has 1 heteroatoms. The lowest BCUT2D eigenvalue weighted by Crippen LogP contribution is -2.20. The van der Waals surface area contributed by atoms with E-state index in [0.717, 1.165) is 37.7 Å². The van der Waals surface area contributed by atoms with Gasteiger partial charge in [-0.3, -0.25) is 0 Å². The summed E-state index contributed by atoms with van der Waals surface area (Å²) < 4.78 is 5.99. The first-order chi connectivity index (χ1) is 14.8. The largest absolute Gasteiger partial charge is 0.376 e. The van der Waals surface area contributed by atoms with Crippen molar-refractivity contribution in [2.45, 2.75) is 51.6 Å². The number of ether oxygens (including phenoxy) is 1. The molecule has 0 saturated heterocycles. The molecule has 0 aliphatic rings. The van der Waals surface area contributed by atoms with E-state index in [2.05, 4.69) is 12.1 Å². The minimum absolute atomic E-state index is 0.178. The van der Waals surface area contributed by atoms with Gasteiger partial charge in [0.25, 0.3) is 0 Å². The molecule has 164 valence electrons. The number of benzene rings is 1. The van der Waals surface area contributed by atoms with E-state index in [1.54, 1.807) is 0 Å². The van der Waals surface area contributed by atoms with Gasteiger partial charge in [0.2, 0.25) is 0 Å². The van der Waals surface area contributed by atoms with Crippen LogP contribution in [0.5, 0.6) is 0 Å². The van der Waals surface area contributed by atoms with Crippen LogP contribution in [0.2, 0.25) is 0 Å². The number of rotatable bonds is 17. The SMILES string of the molecule is [CH]CC([CH])C([CH])C([CH])CCCC(CCC([CH])C([CH])C([CH])C[CH])COCc1ccccc1. The van der Waals surface area contributed by atoms with Crippen molar-refractivity contribution in [2.75, 3.05) is 6.61 Å². The predicted octanol–water partition coefficient (Wildman–Crippen LogP) is 6.94. The van der Waals surface area contributed by atoms with E-state index in [4.69, 9.17) is 60.1 Å². The number of hydrogen-bond donors (Lipinski definition) is 0. The molecule has 1 aromatic carbocycles. The first-order valence-corrected chi connectivity index (χ1v) is 11.3. The molecule has 0 fully saturated rings. The summed E-state index contributed by atoms with van der Waals surface area (Å²) in [4.78, 5) is 0. The van der Waals surface area contributed by atoms with Gasteiger partial charge in [0.05, 0.1) is 6.61 Å². The Balaban J connectivity index is 2.54. The van der Waals surface area contributed by atoms with Crippen LogP contribution in [-0.2, 0) is 11.3 Å². The molecule has 0 N–H and O–H groups in total. The van der Waals surface area contributed by atoms with Gasteiger partial charge in [-0.05, 0) is 141 Å². The second-order valence-electron chi connectivity index (χ2n) is 8.66. The van der Waals surface area contributed by atoms with Gasteiger partial charge < -0.3 is 4.74 Å². The summed E-state index contributed by atoms with van der Waals surface area (Å²) in [6, 6.07) is 10.1. The monoisotopic (exact) mass is 414 g/mol. The van der Waals surface area contributed by atoms with Crippen LogP contribution in [0.4, 0.5) is 0 Å². The maximum absolute atomic E-state index is 6.26. The third-order valence-corrected chi connectivity index (χ3v) is 6.05. The van der Waals surface area contributed by atoms with E-state index in [1.807, 2.05) is 18.2 Å². The molecule has 7 unspecified atom stereocenters. The lowest BCUT2D eigenvalue weighted by Gasteiger charge is -2.27. The summed E-state index contributed by atoms with van der Waals surface area (Å²) in [5.74, 6) is -1.25. The van der Waals surface area contributed by atoms with Gasteiger partial charge in [0.1, 0.15) is 0 Å². The van der Waals surface area contributed by atoms with Crippen molar-refractivity contribution in [2.24, 2.45) is 41.4 Å². The Hall–Kier alpha value is -0.820. The molecule has 0 aliphatic carbocycles. The van der Waals surface area contributed by atoms with Gasteiger partial charge in [-0.1, -0.05) is 36.8 Å². The van der Waals surface area contributed by atoms with Gasteiger partial charge in [-0.25, -0.2) is 0 Å². The van der Waals surface area contributed by atoms with Crippen LogP contribution in [0, 0.1) is 96.8 Å². The Morgan fingerprint density at radius 3 is 1.74 bits per heavy atom. The highest BCUT2D eigenvalue weighted by Gasteiger charge is 2.22. The van der Waals surface area contributed by atoms with E-state index in [0.29, 0.717) is 32.0 Å². The fraction of sp³-hybridized carbons (Fsp3) is 0.533. The zero-order valence-electron chi connectivity index (χ0n) is 18.8. The summed E-state index contributed by atoms with van der Waals surface area (Å²) in [5, 5.41) is 0. The first kappa shape index (κ1) is 28.2. The van der Waals surface area contributed by atoms with Crippen LogP contribution in [0.1, 0.15) is 50.5 Å². The van der Waals surface area contributed by atoms with E-state index < -0.39 is 0 Å². The van der Waals surface area contributed by atoms with Gasteiger partial charge in [-0.2, -0.15) is 0 Å². The van der Waals surface area contributed by atoms with Crippen molar-refractivity contribution >= 4 is 0 Å². The fourth-order valence-electron chi connectivity index (χ4n) is 3.63. The highest BCUT2D eigenvalue weighted by Crippen LogP contribution is 2.30. The Kier molecular flexibility index (Phi) is 14.5. The van der Waals surface area contributed by atoms with E-state index >= 15 is 0 Å². The second-order valence-corrected chi connectivity index (χ2v) is 8.66. The lowest BCUT2D eigenvalue weighted by molar-refractivity contribution is 0.0768. The van der Waals surface area contributed by atoms with Gasteiger partial charge in [-0.15, -0.1) is 0 Å². The van der Waals surface area contributed by atoms with Crippen LogP contribution >= 0.6 is 0 Å². The minimum Gasteiger partial charge on any atom is -0.376 e. The Labute approximate surface area is 195 Å². The molecular weight excluding hydrogens is 376 g/mol. The summed E-state index contributed by atoms with van der Waals surface area (Å²) in [7, 11) is 0. The van der Waals surface area contributed by atoms with Gasteiger partial charge in [0, 0.05) is 6.61 Å².